The number of benzene rings is 1. The van der Waals surface area contributed by atoms with E-state index >= 15 is 0 Å². The maximum absolute atomic E-state index is 13.6. The lowest BCUT2D eigenvalue weighted by molar-refractivity contribution is -0.132. The summed E-state index contributed by atoms with van der Waals surface area (Å²) in [7, 11) is 0. The van der Waals surface area contributed by atoms with Gasteiger partial charge >= 0.3 is 0 Å². The molecule has 0 bridgehead atoms. The van der Waals surface area contributed by atoms with E-state index < -0.39 is 0 Å². The van der Waals surface area contributed by atoms with E-state index in [0.29, 0.717) is 37.0 Å². The number of aryl methyl sites for hydroxylation is 1. The lowest BCUT2D eigenvalue weighted by Crippen LogP contribution is -2.48. The third-order valence-electron chi connectivity index (χ3n) is 3.95. The fraction of sp³-hybridized carbons (Fsp3) is 0.438. The van der Waals surface area contributed by atoms with Crippen LogP contribution in [-0.4, -0.2) is 52.1 Å². The molecular weight excluding hydrogens is 299 g/mol. The Kier molecular flexibility index (Phi) is 4.66. The third-order valence-corrected chi connectivity index (χ3v) is 3.95. The summed E-state index contributed by atoms with van der Waals surface area (Å²) in [5.74, 6) is 0.780. The topological polar surface area (TPSA) is 62.5 Å². The Hall–Kier alpha value is -2.28. The fourth-order valence-electron chi connectivity index (χ4n) is 2.66. The summed E-state index contributed by atoms with van der Waals surface area (Å²) >= 11 is 0. The van der Waals surface area contributed by atoms with Crippen molar-refractivity contribution in [3.8, 4) is 0 Å². The minimum atomic E-state index is -0.328. The first kappa shape index (κ1) is 15.6. The summed E-state index contributed by atoms with van der Waals surface area (Å²) in [5.41, 5.74) is 0.446. The molecule has 1 aromatic carbocycles. The minimum Gasteiger partial charge on any atom is -0.424 e. The Labute approximate surface area is 133 Å². The van der Waals surface area contributed by atoms with Crippen LogP contribution in [0.25, 0.3) is 0 Å². The zero-order chi connectivity index (χ0) is 16.2. The van der Waals surface area contributed by atoms with Crippen LogP contribution in [0.4, 0.5) is 4.39 Å². The zero-order valence-electron chi connectivity index (χ0n) is 13.0. The van der Waals surface area contributed by atoms with Gasteiger partial charge in [-0.1, -0.05) is 18.2 Å². The molecule has 1 aliphatic heterocycles. The van der Waals surface area contributed by atoms with Crippen molar-refractivity contribution < 1.29 is 13.6 Å². The lowest BCUT2D eigenvalue weighted by atomic mass is 10.1. The van der Waals surface area contributed by atoms with Crippen LogP contribution in [-0.2, 0) is 17.8 Å². The van der Waals surface area contributed by atoms with E-state index in [1.807, 2.05) is 0 Å². The van der Waals surface area contributed by atoms with Crippen LogP contribution in [0.3, 0.4) is 0 Å². The third kappa shape index (κ3) is 3.92. The molecule has 0 saturated carbocycles. The molecule has 0 N–H and O–H groups in total. The maximum Gasteiger partial charge on any atom is 0.230 e. The van der Waals surface area contributed by atoms with E-state index in [0.717, 1.165) is 13.1 Å². The number of carbonyl (C=O) groups excluding carboxylic acids is 1. The van der Waals surface area contributed by atoms with Crippen LogP contribution in [0.15, 0.2) is 28.7 Å². The van der Waals surface area contributed by atoms with Gasteiger partial charge in [-0.2, -0.15) is 0 Å². The van der Waals surface area contributed by atoms with Crippen LogP contribution >= 0.6 is 0 Å². The quantitative estimate of drug-likeness (QED) is 0.853. The summed E-state index contributed by atoms with van der Waals surface area (Å²) < 4.78 is 19.0. The molecule has 23 heavy (non-hydrogen) atoms. The molecule has 1 fully saturated rings. The highest BCUT2D eigenvalue weighted by atomic mass is 19.1. The Morgan fingerprint density at radius 3 is 2.61 bits per heavy atom. The smallest absolute Gasteiger partial charge is 0.230 e. The molecule has 6 nitrogen and oxygen atoms in total. The first-order valence-electron chi connectivity index (χ1n) is 7.64. The largest absolute Gasteiger partial charge is 0.424 e. The average molecular weight is 318 g/mol. The monoisotopic (exact) mass is 318 g/mol. The number of hydrogen-bond acceptors (Lipinski definition) is 5. The molecule has 122 valence electrons. The van der Waals surface area contributed by atoms with Crippen LogP contribution in [0.1, 0.15) is 17.3 Å². The van der Waals surface area contributed by atoms with Gasteiger partial charge in [-0.05, 0) is 11.6 Å². The fourth-order valence-corrected chi connectivity index (χ4v) is 2.66. The SMILES string of the molecule is Cc1nnc(CN2CCN(C(=O)Cc3ccccc3F)CC2)o1. The molecular formula is C16H19FN4O2. The van der Waals surface area contributed by atoms with E-state index in [-0.39, 0.29) is 18.1 Å². The van der Waals surface area contributed by atoms with E-state index in [1.54, 1.807) is 30.0 Å². The number of piperazine rings is 1. The van der Waals surface area contributed by atoms with Gasteiger partial charge in [0.25, 0.3) is 0 Å². The van der Waals surface area contributed by atoms with Gasteiger partial charge in [0.1, 0.15) is 5.82 Å². The van der Waals surface area contributed by atoms with Gasteiger partial charge in [-0.3, -0.25) is 9.69 Å². The van der Waals surface area contributed by atoms with Gasteiger partial charge in [0.05, 0.1) is 13.0 Å². The number of aromatic nitrogens is 2. The zero-order valence-corrected chi connectivity index (χ0v) is 13.0. The van der Waals surface area contributed by atoms with Crippen molar-refractivity contribution in [1.29, 1.82) is 0 Å². The summed E-state index contributed by atoms with van der Waals surface area (Å²) in [6.07, 6.45) is 0.107. The molecule has 1 saturated heterocycles. The number of nitrogens with zero attached hydrogens (tertiary/aromatic N) is 4. The molecule has 0 aliphatic carbocycles. The number of amides is 1. The van der Waals surface area contributed by atoms with E-state index in [9.17, 15) is 9.18 Å². The van der Waals surface area contributed by atoms with Crippen molar-refractivity contribution in [2.45, 2.75) is 19.9 Å². The van der Waals surface area contributed by atoms with Gasteiger partial charge in [-0.15, -0.1) is 10.2 Å². The van der Waals surface area contributed by atoms with E-state index in [2.05, 4.69) is 15.1 Å². The van der Waals surface area contributed by atoms with Crippen molar-refractivity contribution in [2.24, 2.45) is 0 Å². The first-order chi connectivity index (χ1) is 11.1. The molecule has 3 rings (SSSR count). The molecule has 0 unspecified atom stereocenters. The standard InChI is InChI=1S/C16H19FN4O2/c1-12-18-19-15(23-12)11-20-6-8-21(9-7-20)16(22)10-13-4-2-3-5-14(13)17/h2-5H,6-11H2,1H3. The molecule has 2 heterocycles. The van der Waals surface area contributed by atoms with Crippen molar-refractivity contribution in [2.75, 3.05) is 26.2 Å². The van der Waals surface area contributed by atoms with Crippen LogP contribution in [0.5, 0.6) is 0 Å². The molecule has 7 heteroatoms. The Bertz CT molecular complexity index is 680. The maximum atomic E-state index is 13.6. The van der Waals surface area contributed by atoms with Crippen LogP contribution < -0.4 is 0 Å². The molecule has 1 aromatic heterocycles. The Balaban J connectivity index is 1.50. The van der Waals surface area contributed by atoms with Gasteiger partial charge in [-0.25, -0.2) is 4.39 Å². The van der Waals surface area contributed by atoms with E-state index in [4.69, 9.17) is 4.42 Å². The lowest BCUT2D eigenvalue weighted by Gasteiger charge is -2.34. The number of halogens is 1. The van der Waals surface area contributed by atoms with Crippen molar-refractivity contribution in [1.82, 2.24) is 20.0 Å². The van der Waals surface area contributed by atoms with Crippen LogP contribution in [0.2, 0.25) is 0 Å². The van der Waals surface area contributed by atoms with E-state index in [1.165, 1.54) is 6.07 Å². The Morgan fingerprint density at radius 2 is 1.96 bits per heavy atom. The normalized spacial score (nSPS) is 15.8. The molecule has 1 aliphatic rings. The second-order valence-electron chi connectivity index (χ2n) is 5.64. The van der Waals surface area contributed by atoms with Gasteiger partial charge in [0.2, 0.25) is 17.7 Å². The first-order valence-corrected chi connectivity index (χ1v) is 7.64. The minimum absolute atomic E-state index is 0.0385. The average Bonchev–Trinajstić information content (AvgIpc) is 2.95. The summed E-state index contributed by atoms with van der Waals surface area (Å²) in [5, 5.41) is 7.79. The Morgan fingerprint density at radius 1 is 1.22 bits per heavy atom. The van der Waals surface area contributed by atoms with Gasteiger partial charge in [0.15, 0.2) is 0 Å². The second-order valence-corrected chi connectivity index (χ2v) is 5.64. The van der Waals surface area contributed by atoms with Crippen molar-refractivity contribution in [3.05, 3.63) is 47.4 Å². The summed E-state index contributed by atoms with van der Waals surface area (Å²) in [4.78, 5) is 16.2. The van der Waals surface area contributed by atoms with Crippen LogP contribution in [0, 0.1) is 12.7 Å². The predicted molar refractivity (Wildman–Crippen MR) is 81.0 cm³/mol. The van der Waals surface area contributed by atoms with Gasteiger partial charge in [0, 0.05) is 33.1 Å². The summed E-state index contributed by atoms with van der Waals surface area (Å²) in [6, 6.07) is 6.41. The van der Waals surface area contributed by atoms with Gasteiger partial charge < -0.3 is 9.32 Å². The number of carbonyl (C=O) groups is 1. The molecule has 0 spiro atoms. The highest BCUT2D eigenvalue weighted by molar-refractivity contribution is 5.78. The second kappa shape index (κ2) is 6.87. The number of hydrogen-bond donors (Lipinski definition) is 0. The predicted octanol–water partition coefficient (Wildman–Crippen LogP) is 1.40. The molecule has 0 atom stereocenters. The highest BCUT2D eigenvalue weighted by Crippen LogP contribution is 2.12. The highest BCUT2D eigenvalue weighted by Gasteiger charge is 2.22. The van der Waals surface area contributed by atoms with Crippen molar-refractivity contribution in [3.63, 3.8) is 0 Å². The molecule has 0 radical (unpaired) electrons. The molecule has 2 aromatic rings. The summed E-state index contributed by atoms with van der Waals surface area (Å²) in [6.45, 7) is 5.09. The number of rotatable bonds is 4. The van der Waals surface area contributed by atoms with Crippen molar-refractivity contribution >= 4 is 5.91 Å². The molecule has 1 amide bonds.